The minimum absolute atomic E-state index is 0.657. The van der Waals surface area contributed by atoms with Crippen LogP contribution in [-0.2, 0) is 0 Å². The van der Waals surface area contributed by atoms with Gasteiger partial charge < -0.3 is 5.32 Å². The molecule has 0 aromatic rings. The minimum Gasteiger partial charge on any atom is -0.311 e. The van der Waals surface area contributed by atoms with Crippen LogP contribution in [0.2, 0.25) is 0 Å². The highest BCUT2D eigenvalue weighted by molar-refractivity contribution is 4.87. The van der Waals surface area contributed by atoms with Crippen LogP contribution in [-0.4, -0.2) is 36.6 Å². The average molecular weight is 240 g/mol. The lowest BCUT2D eigenvalue weighted by Crippen LogP contribution is -2.58. The summed E-state index contributed by atoms with van der Waals surface area (Å²) in [4.78, 5) is 2.75. The molecule has 0 aliphatic carbocycles. The topological polar surface area (TPSA) is 15.3 Å². The standard InChI is InChI=1S/C15H32N2/c1-6-8-12(3)10-17-11-14(5)16-9-15(17)13(4)7-2/h12-16H,6-11H2,1-5H3. The van der Waals surface area contributed by atoms with E-state index in [1.807, 2.05) is 0 Å². The van der Waals surface area contributed by atoms with E-state index in [0.29, 0.717) is 6.04 Å². The Kier molecular flexibility index (Phi) is 6.50. The maximum Gasteiger partial charge on any atom is 0.0246 e. The van der Waals surface area contributed by atoms with Gasteiger partial charge in [-0.25, -0.2) is 0 Å². The lowest BCUT2D eigenvalue weighted by atomic mass is 9.93. The lowest BCUT2D eigenvalue weighted by molar-refractivity contribution is 0.0801. The van der Waals surface area contributed by atoms with Crippen LogP contribution in [0, 0.1) is 11.8 Å². The second-order valence-electron chi connectivity index (χ2n) is 6.11. The maximum atomic E-state index is 3.64. The number of rotatable bonds is 6. The fourth-order valence-electron chi connectivity index (χ4n) is 3.03. The quantitative estimate of drug-likeness (QED) is 0.767. The van der Waals surface area contributed by atoms with Crippen LogP contribution in [0.3, 0.4) is 0 Å². The zero-order chi connectivity index (χ0) is 12.8. The van der Waals surface area contributed by atoms with E-state index in [9.17, 15) is 0 Å². The zero-order valence-electron chi connectivity index (χ0n) is 12.5. The van der Waals surface area contributed by atoms with Gasteiger partial charge in [-0.1, -0.05) is 40.5 Å². The summed E-state index contributed by atoms with van der Waals surface area (Å²) in [6, 6.07) is 1.40. The first kappa shape index (κ1) is 15.0. The van der Waals surface area contributed by atoms with Gasteiger partial charge in [-0.3, -0.25) is 4.90 Å². The SMILES string of the molecule is CCCC(C)CN1CC(C)NCC1C(C)CC. The first-order chi connectivity index (χ1) is 8.08. The van der Waals surface area contributed by atoms with E-state index >= 15 is 0 Å². The van der Waals surface area contributed by atoms with E-state index in [-0.39, 0.29) is 0 Å². The molecule has 1 aliphatic rings. The lowest BCUT2D eigenvalue weighted by Gasteiger charge is -2.43. The van der Waals surface area contributed by atoms with Gasteiger partial charge in [0.05, 0.1) is 0 Å². The minimum atomic E-state index is 0.657. The third-order valence-electron chi connectivity index (χ3n) is 4.28. The normalized spacial score (nSPS) is 30.2. The summed E-state index contributed by atoms with van der Waals surface area (Å²) >= 11 is 0. The van der Waals surface area contributed by atoms with Crippen LogP contribution in [0.4, 0.5) is 0 Å². The Hall–Kier alpha value is -0.0800. The number of hydrogen-bond donors (Lipinski definition) is 1. The third kappa shape index (κ3) is 4.59. The van der Waals surface area contributed by atoms with E-state index in [4.69, 9.17) is 0 Å². The third-order valence-corrected chi connectivity index (χ3v) is 4.28. The molecule has 1 rings (SSSR count). The van der Waals surface area contributed by atoms with E-state index in [2.05, 4.69) is 44.8 Å². The van der Waals surface area contributed by atoms with Crippen LogP contribution in [0.1, 0.15) is 53.9 Å². The molecule has 17 heavy (non-hydrogen) atoms. The number of piperazine rings is 1. The van der Waals surface area contributed by atoms with Crippen molar-refractivity contribution in [2.24, 2.45) is 11.8 Å². The van der Waals surface area contributed by atoms with E-state index in [1.165, 1.54) is 38.9 Å². The van der Waals surface area contributed by atoms with Crippen LogP contribution >= 0.6 is 0 Å². The monoisotopic (exact) mass is 240 g/mol. The van der Waals surface area contributed by atoms with Gasteiger partial charge in [0.25, 0.3) is 0 Å². The van der Waals surface area contributed by atoms with Gasteiger partial charge in [-0.15, -0.1) is 0 Å². The highest BCUT2D eigenvalue weighted by Crippen LogP contribution is 2.20. The molecule has 0 aromatic heterocycles. The summed E-state index contributed by atoms with van der Waals surface area (Å²) in [6.45, 7) is 15.4. The van der Waals surface area contributed by atoms with Gasteiger partial charge in [-0.2, -0.15) is 0 Å². The summed E-state index contributed by atoms with van der Waals surface area (Å²) < 4.78 is 0. The van der Waals surface area contributed by atoms with Gasteiger partial charge >= 0.3 is 0 Å². The maximum absolute atomic E-state index is 3.64. The largest absolute Gasteiger partial charge is 0.311 e. The Morgan fingerprint density at radius 1 is 1.29 bits per heavy atom. The Labute approximate surface area is 108 Å². The second kappa shape index (κ2) is 7.38. The molecule has 0 radical (unpaired) electrons. The molecule has 1 N–H and O–H groups in total. The number of nitrogens with one attached hydrogen (secondary N) is 1. The summed E-state index contributed by atoms with van der Waals surface area (Å²) in [7, 11) is 0. The predicted molar refractivity (Wildman–Crippen MR) is 76.4 cm³/mol. The summed E-state index contributed by atoms with van der Waals surface area (Å²) in [6.07, 6.45) is 3.97. The van der Waals surface area contributed by atoms with Crippen molar-refractivity contribution in [3.63, 3.8) is 0 Å². The van der Waals surface area contributed by atoms with Crippen molar-refractivity contribution in [2.45, 2.75) is 66.0 Å². The van der Waals surface area contributed by atoms with E-state index in [0.717, 1.165) is 17.9 Å². The molecule has 0 amide bonds. The van der Waals surface area contributed by atoms with Crippen molar-refractivity contribution < 1.29 is 0 Å². The van der Waals surface area contributed by atoms with Gasteiger partial charge in [0.15, 0.2) is 0 Å². The number of hydrogen-bond acceptors (Lipinski definition) is 2. The number of nitrogens with zero attached hydrogens (tertiary/aromatic N) is 1. The van der Waals surface area contributed by atoms with Crippen LogP contribution in [0.5, 0.6) is 0 Å². The Morgan fingerprint density at radius 3 is 2.59 bits per heavy atom. The molecular weight excluding hydrogens is 208 g/mol. The van der Waals surface area contributed by atoms with Crippen molar-refractivity contribution in [1.29, 1.82) is 0 Å². The molecule has 102 valence electrons. The van der Waals surface area contributed by atoms with Crippen molar-refractivity contribution >= 4 is 0 Å². The second-order valence-corrected chi connectivity index (χ2v) is 6.11. The highest BCUT2D eigenvalue weighted by atomic mass is 15.2. The molecule has 4 unspecified atom stereocenters. The molecule has 1 fully saturated rings. The molecule has 1 heterocycles. The first-order valence-corrected chi connectivity index (χ1v) is 7.55. The smallest absolute Gasteiger partial charge is 0.0246 e. The molecule has 0 spiro atoms. The van der Waals surface area contributed by atoms with Crippen LogP contribution in [0.25, 0.3) is 0 Å². The molecule has 0 saturated carbocycles. The van der Waals surface area contributed by atoms with Crippen molar-refractivity contribution in [3.8, 4) is 0 Å². The van der Waals surface area contributed by atoms with Gasteiger partial charge in [0.2, 0.25) is 0 Å². The summed E-state index contributed by atoms with van der Waals surface area (Å²) in [5.41, 5.74) is 0. The highest BCUT2D eigenvalue weighted by Gasteiger charge is 2.29. The fraction of sp³-hybridized carbons (Fsp3) is 1.00. The molecule has 0 aromatic carbocycles. The average Bonchev–Trinajstić information content (AvgIpc) is 2.28. The summed E-state index contributed by atoms with van der Waals surface area (Å²) in [5.74, 6) is 1.65. The van der Waals surface area contributed by atoms with Gasteiger partial charge in [0, 0.05) is 31.7 Å². The van der Waals surface area contributed by atoms with Crippen molar-refractivity contribution in [1.82, 2.24) is 10.2 Å². The Bertz CT molecular complexity index is 205. The molecule has 0 bridgehead atoms. The first-order valence-electron chi connectivity index (χ1n) is 7.55. The molecule has 4 atom stereocenters. The fourth-order valence-corrected chi connectivity index (χ4v) is 3.03. The Morgan fingerprint density at radius 2 is 2.00 bits per heavy atom. The molecule has 2 nitrogen and oxygen atoms in total. The van der Waals surface area contributed by atoms with Crippen LogP contribution < -0.4 is 5.32 Å². The van der Waals surface area contributed by atoms with Crippen LogP contribution in [0.15, 0.2) is 0 Å². The van der Waals surface area contributed by atoms with Gasteiger partial charge in [-0.05, 0) is 25.2 Å². The zero-order valence-corrected chi connectivity index (χ0v) is 12.5. The molecule has 1 saturated heterocycles. The molecular formula is C15H32N2. The van der Waals surface area contributed by atoms with E-state index < -0.39 is 0 Å². The van der Waals surface area contributed by atoms with Gasteiger partial charge in [0.1, 0.15) is 0 Å². The predicted octanol–water partition coefficient (Wildman–Crippen LogP) is 3.13. The Balaban J connectivity index is 2.55. The molecule has 1 aliphatic heterocycles. The van der Waals surface area contributed by atoms with Crippen molar-refractivity contribution in [2.75, 3.05) is 19.6 Å². The summed E-state index contributed by atoms with van der Waals surface area (Å²) in [5, 5.41) is 3.64. The van der Waals surface area contributed by atoms with Crippen molar-refractivity contribution in [3.05, 3.63) is 0 Å². The molecule has 2 heteroatoms. The van der Waals surface area contributed by atoms with E-state index in [1.54, 1.807) is 0 Å².